The largest absolute Gasteiger partial charge is 0.444 e. The Balaban J connectivity index is 1.86. The Kier molecular flexibility index (Phi) is 4.16. The van der Waals surface area contributed by atoms with Crippen molar-refractivity contribution in [1.29, 1.82) is 0 Å². The van der Waals surface area contributed by atoms with Crippen LogP contribution in [0.15, 0.2) is 18.3 Å². The van der Waals surface area contributed by atoms with Crippen molar-refractivity contribution >= 4 is 17.6 Å². The topological polar surface area (TPSA) is 63.2 Å². The summed E-state index contributed by atoms with van der Waals surface area (Å²) in [5.74, 6) is 1.28. The molecule has 1 aliphatic carbocycles. The van der Waals surface area contributed by atoms with E-state index in [9.17, 15) is 4.79 Å². The monoisotopic (exact) mass is 277 g/mol. The van der Waals surface area contributed by atoms with Crippen molar-refractivity contribution in [2.75, 3.05) is 10.6 Å². The maximum Gasteiger partial charge on any atom is 0.413 e. The van der Waals surface area contributed by atoms with E-state index in [4.69, 9.17) is 4.74 Å². The molecule has 1 aromatic rings. The molecule has 0 spiro atoms. The Hall–Kier alpha value is -1.78. The van der Waals surface area contributed by atoms with Gasteiger partial charge in [-0.2, -0.15) is 0 Å². The van der Waals surface area contributed by atoms with Crippen LogP contribution in [0.25, 0.3) is 0 Å². The lowest BCUT2D eigenvalue weighted by Crippen LogP contribution is -2.27. The van der Waals surface area contributed by atoms with E-state index in [2.05, 4.69) is 22.5 Å². The molecule has 1 aromatic heterocycles. The predicted octanol–water partition coefficient (Wildman–Crippen LogP) is 3.64. The summed E-state index contributed by atoms with van der Waals surface area (Å²) < 4.78 is 5.17. The second-order valence-electron chi connectivity index (χ2n) is 6.33. The van der Waals surface area contributed by atoms with Gasteiger partial charge in [0.25, 0.3) is 0 Å². The van der Waals surface area contributed by atoms with Crippen LogP contribution in [0.2, 0.25) is 0 Å². The number of aromatic nitrogens is 1. The van der Waals surface area contributed by atoms with Gasteiger partial charge in [0.05, 0.1) is 11.9 Å². The molecule has 1 heterocycles. The number of rotatable bonds is 4. The summed E-state index contributed by atoms with van der Waals surface area (Å²) in [6, 6.07) is 4.16. The van der Waals surface area contributed by atoms with E-state index in [0.717, 1.165) is 11.6 Å². The van der Waals surface area contributed by atoms with Crippen molar-refractivity contribution in [2.45, 2.75) is 52.2 Å². The first kappa shape index (κ1) is 14.6. The van der Waals surface area contributed by atoms with Crippen LogP contribution in [0.4, 0.5) is 16.3 Å². The van der Waals surface area contributed by atoms with E-state index in [0.29, 0.717) is 11.9 Å². The molecular formula is C15H23N3O2. The van der Waals surface area contributed by atoms with Gasteiger partial charge in [-0.3, -0.25) is 5.32 Å². The number of hydrogen-bond donors (Lipinski definition) is 2. The summed E-state index contributed by atoms with van der Waals surface area (Å²) in [4.78, 5) is 15.8. The quantitative estimate of drug-likeness (QED) is 0.882. The highest BCUT2D eigenvalue weighted by Gasteiger charge is 2.27. The van der Waals surface area contributed by atoms with Crippen molar-refractivity contribution < 1.29 is 9.53 Å². The first-order chi connectivity index (χ1) is 9.33. The van der Waals surface area contributed by atoms with Crippen molar-refractivity contribution in [3.8, 4) is 0 Å². The lowest BCUT2D eigenvalue weighted by Gasteiger charge is -2.19. The minimum atomic E-state index is -0.509. The van der Waals surface area contributed by atoms with Crippen LogP contribution in [0, 0.1) is 5.92 Å². The summed E-state index contributed by atoms with van der Waals surface area (Å²) in [7, 11) is 0. The van der Waals surface area contributed by atoms with Gasteiger partial charge in [0.15, 0.2) is 0 Å². The molecule has 0 bridgehead atoms. The molecule has 2 N–H and O–H groups in total. The first-order valence-electron chi connectivity index (χ1n) is 7.06. The molecule has 20 heavy (non-hydrogen) atoms. The molecule has 0 aromatic carbocycles. The maximum atomic E-state index is 11.6. The highest BCUT2D eigenvalue weighted by atomic mass is 16.6. The third-order valence-corrected chi connectivity index (χ3v) is 3.12. The number of amides is 1. The van der Waals surface area contributed by atoms with Crippen LogP contribution in [0.3, 0.4) is 0 Å². The molecule has 0 radical (unpaired) electrons. The average Bonchev–Trinajstić information content (AvgIpc) is 3.13. The Bertz CT molecular complexity index is 461. The van der Waals surface area contributed by atoms with Crippen LogP contribution < -0.4 is 10.6 Å². The normalized spacial score (nSPS) is 16.4. The van der Waals surface area contributed by atoms with Crippen LogP contribution in [0.5, 0.6) is 0 Å². The molecule has 110 valence electrons. The number of carbonyl (C=O) groups is 1. The maximum absolute atomic E-state index is 11.6. The van der Waals surface area contributed by atoms with Crippen LogP contribution in [-0.2, 0) is 4.74 Å². The molecule has 5 heteroatoms. The van der Waals surface area contributed by atoms with Gasteiger partial charge >= 0.3 is 6.09 Å². The fourth-order valence-corrected chi connectivity index (χ4v) is 1.94. The minimum Gasteiger partial charge on any atom is -0.444 e. The summed E-state index contributed by atoms with van der Waals surface area (Å²) >= 11 is 0. The van der Waals surface area contributed by atoms with Crippen molar-refractivity contribution in [3.05, 3.63) is 18.3 Å². The molecule has 1 aliphatic rings. The SMILES string of the molecule is CC(Nc1ccc(NC(=O)OC(C)(C)C)nc1)C1CC1. The minimum absolute atomic E-state index is 0.474. The van der Waals surface area contributed by atoms with E-state index < -0.39 is 11.7 Å². The Labute approximate surface area is 120 Å². The van der Waals surface area contributed by atoms with Gasteiger partial charge in [0, 0.05) is 6.04 Å². The summed E-state index contributed by atoms with van der Waals surface area (Å²) in [5.41, 5.74) is 0.463. The van der Waals surface area contributed by atoms with E-state index in [-0.39, 0.29) is 0 Å². The number of hydrogen-bond acceptors (Lipinski definition) is 4. The fourth-order valence-electron chi connectivity index (χ4n) is 1.94. The summed E-state index contributed by atoms with van der Waals surface area (Å²) in [6.07, 6.45) is 3.85. The molecule has 0 aliphatic heterocycles. The molecule has 0 saturated heterocycles. The third kappa shape index (κ3) is 4.72. The van der Waals surface area contributed by atoms with E-state index >= 15 is 0 Å². The molecule has 1 fully saturated rings. The number of pyridine rings is 1. The Morgan fingerprint density at radius 2 is 2.10 bits per heavy atom. The second kappa shape index (κ2) is 5.69. The lowest BCUT2D eigenvalue weighted by atomic mass is 10.2. The number of ether oxygens (including phenoxy) is 1. The van der Waals surface area contributed by atoms with Gasteiger partial charge in [-0.15, -0.1) is 0 Å². The van der Waals surface area contributed by atoms with E-state index in [1.165, 1.54) is 12.8 Å². The molecule has 5 nitrogen and oxygen atoms in total. The van der Waals surface area contributed by atoms with Crippen molar-refractivity contribution in [2.24, 2.45) is 5.92 Å². The third-order valence-electron chi connectivity index (χ3n) is 3.12. The molecule has 2 rings (SSSR count). The van der Waals surface area contributed by atoms with E-state index in [1.807, 2.05) is 26.8 Å². The van der Waals surface area contributed by atoms with Gasteiger partial charge in [-0.1, -0.05) is 0 Å². The highest BCUT2D eigenvalue weighted by Crippen LogP contribution is 2.33. The number of anilines is 2. The van der Waals surface area contributed by atoms with Gasteiger partial charge in [0.1, 0.15) is 11.4 Å². The molecule has 1 saturated carbocycles. The molecule has 1 atom stereocenters. The Morgan fingerprint density at radius 3 is 2.60 bits per heavy atom. The van der Waals surface area contributed by atoms with Gasteiger partial charge in [-0.05, 0) is 58.6 Å². The van der Waals surface area contributed by atoms with Crippen LogP contribution in [0.1, 0.15) is 40.5 Å². The summed E-state index contributed by atoms with van der Waals surface area (Å²) in [6.45, 7) is 7.66. The molecule has 1 amide bonds. The molecular weight excluding hydrogens is 254 g/mol. The van der Waals surface area contributed by atoms with Gasteiger partial charge in [-0.25, -0.2) is 9.78 Å². The number of nitrogens with zero attached hydrogens (tertiary/aromatic N) is 1. The van der Waals surface area contributed by atoms with Crippen LogP contribution in [-0.4, -0.2) is 22.7 Å². The van der Waals surface area contributed by atoms with Crippen LogP contribution >= 0.6 is 0 Å². The van der Waals surface area contributed by atoms with E-state index in [1.54, 1.807) is 12.3 Å². The average molecular weight is 277 g/mol. The molecule has 1 unspecified atom stereocenters. The van der Waals surface area contributed by atoms with Crippen molar-refractivity contribution in [1.82, 2.24) is 4.98 Å². The standard InChI is InChI=1S/C15H23N3O2/c1-10(11-5-6-11)17-12-7-8-13(16-9-12)18-14(19)20-15(2,3)4/h7-11,17H,5-6H2,1-4H3,(H,16,18,19). The smallest absolute Gasteiger partial charge is 0.413 e. The predicted molar refractivity (Wildman–Crippen MR) is 79.9 cm³/mol. The van der Waals surface area contributed by atoms with Gasteiger partial charge < -0.3 is 10.1 Å². The highest BCUT2D eigenvalue weighted by molar-refractivity contribution is 5.83. The number of nitrogens with one attached hydrogen (secondary N) is 2. The first-order valence-corrected chi connectivity index (χ1v) is 7.06. The van der Waals surface area contributed by atoms with Crippen molar-refractivity contribution in [3.63, 3.8) is 0 Å². The second-order valence-corrected chi connectivity index (χ2v) is 6.33. The lowest BCUT2D eigenvalue weighted by molar-refractivity contribution is 0.0635. The zero-order valence-electron chi connectivity index (χ0n) is 12.6. The zero-order chi connectivity index (χ0) is 14.8. The zero-order valence-corrected chi connectivity index (χ0v) is 12.6. The Morgan fingerprint density at radius 1 is 1.40 bits per heavy atom. The summed E-state index contributed by atoms with van der Waals surface area (Å²) in [5, 5.41) is 6.03. The van der Waals surface area contributed by atoms with Gasteiger partial charge in [0.2, 0.25) is 0 Å². The number of carbonyl (C=O) groups excluding carboxylic acids is 1. The fraction of sp³-hybridized carbons (Fsp3) is 0.600.